The molecular weight excluding hydrogens is 318 g/mol. The first-order chi connectivity index (χ1) is 9.90. The number of nitro benzene ring substituents is 1. The zero-order valence-electron chi connectivity index (χ0n) is 11.2. The molecule has 0 radical (unpaired) electrons. The molecule has 21 heavy (non-hydrogen) atoms. The monoisotopic (exact) mass is 333 g/mol. The lowest BCUT2D eigenvalue weighted by molar-refractivity contribution is -0.384. The molecule has 0 amide bonds. The molecule has 2 rings (SSSR count). The van der Waals surface area contributed by atoms with Crippen molar-refractivity contribution >= 4 is 27.3 Å². The Labute approximate surface area is 127 Å². The molecule has 0 aliphatic carbocycles. The summed E-state index contributed by atoms with van der Waals surface area (Å²) in [5.41, 5.74) is -0.239. The molecule has 1 aromatic rings. The SMILES string of the molecule is O=[N+]([O-])c1ccc(S(=O)(=O)NCC2CCNCC2)c(Cl)c1. The molecule has 1 aliphatic rings. The highest BCUT2D eigenvalue weighted by Crippen LogP contribution is 2.26. The van der Waals surface area contributed by atoms with Crippen molar-refractivity contribution in [2.24, 2.45) is 5.92 Å². The van der Waals surface area contributed by atoms with Crippen LogP contribution < -0.4 is 10.0 Å². The summed E-state index contributed by atoms with van der Waals surface area (Å²) in [5.74, 6) is 0.290. The van der Waals surface area contributed by atoms with Crippen LogP contribution in [-0.2, 0) is 10.0 Å². The summed E-state index contributed by atoms with van der Waals surface area (Å²) in [6, 6.07) is 3.33. The fraction of sp³-hybridized carbons (Fsp3) is 0.500. The lowest BCUT2D eigenvalue weighted by atomic mass is 9.99. The predicted octanol–water partition coefficient (Wildman–Crippen LogP) is 1.53. The van der Waals surface area contributed by atoms with Gasteiger partial charge in [-0.15, -0.1) is 0 Å². The average Bonchev–Trinajstić information content (AvgIpc) is 2.46. The summed E-state index contributed by atoms with van der Waals surface area (Å²) in [7, 11) is -3.76. The molecule has 0 bridgehead atoms. The summed E-state index contributed by atoms with van der Waals surface area (Å²) >= 11 is 5.85. The molecule has 0 unspecified atom stereocenters. The van der Waals surface area contributed by atoms with E-state index in [9.17, 15) is 18.5 Å². The van der Waals surface area contributed by atoms with Gasteiger partial charge in [0.05, 0.1) is 9.95 Å². The molecule has 1 heterocycles. The quantitative estimate of drug-likeness (QED) is 0.628. The van der Waals surface area contributed by atoms with Gasteiger partial charge in [-0.05, 0) is 37.9 Å². The van der Waals surface area contributed by atoms with Crippen LogP contribution in [0.4, 0.5) is 5.69 Å². The van der Waals surface area contributed by atoms with Crippen LogP contribution in [0.15, 0.2) is 23.1 Å². The third-order valence-corrected chi connectivity index (χ3v) is 5.34. The molecule has 0 aromatic heterocycles. The molecule has 1 fully saturated rings. The normalized spacial score (nSPS) is 16.8. The van der Waals surface area contributed by atoms with Crippen LogP contribution in [0.2, 0.25) is 5.02 Å². The van der Waals surface area contributed by atoms with E-state index < -0.39 is 14.9 Å². The Morgan fingerprint density at radius 2 is 2.05 bits per heavy atom. The number of nitrogens with zero attached hydrogens (tertiary/aromatic N) is 1. The van der Waals surface area contributed by atoms with Crippen LogP contribution in [-0.4, -0.2) is 33.0 Å². The van der Waals surface area contributed by atoms with E-state index in [1.165, 1.54) is 0 Å². The standard InChI is InChI=1S/C12H16ClN3O4S/c13-11-7-10(16(17)18)1-2-12(11)21(19,20)15-8-9-3-5-14-6-4-9/h1-2,7,9,14-15H,3-6,8H2. The number of nitrogens with one attached hydrogen (secondary N) is 2. The van der Waals surface area contributed by atoms with Gasteiger partial charge >= 0.3 is 0 Å². The van der Waals surface area contributed by atoms with Gasteiger partial charge < -0.3 is 5.32 Å². The highest BCUT2D eigenvalue weighted by Gasteiger charge is 2.22. The van der Waals surface area contributed by atoms with Crippen molar-refractivity contribution in [3.05, 3.63) is 33.3 Å². The minimum atomic E-state index is -3.76. The Morgan fingerprint density at radius 1 is 1.38 bits per heavy atom. The Balaban J connectivity index is 2.10. The minimum absolute atomic E-state index is 0.135. The fourth-order valence-electron chi connectivity index (χ4n) is 2.21. The second-order valence-electron chi connectivity index (χ2n) is 4.92. The highest BCUT2D eigenvalue weighted by molar-refractivity contribution is 7.89. The maximum absolute atomic E-state index is 12.2. The van der Waals surface area contributed by atoms with E-state index in [2.05, 4.69) is 10.0 Å². The van der Waals surface area contributed by atoms with Gasteiger partial charge in [0.15, 0.2) is 0 Å². The molecule has 0 spiro atoms. The topological polar surface area (TPSA) is 101 Å². The average molecular weight is 334 g/mol. The van der Waals surface area contributed by atoms with E-state index in [4.69, 9.17) is 11.6 Å². The fourth-order valence-corrected chi connectivity index (χ4v) is 3.87. The van der Waals surface area contributed by atoms with Crippen LogP contribution in [0.5, 0.6) is 0 Å². The van der Waals surface area contributed by atoms with Gasteiger partial charge in [0, 0.05) is 18.7 Å². The Bertz CT molecular complexity index is 629. The number of benzene rings is 1. The Kier molecular flexibility index (Phi) is 5.15. The number of nitro groups is 1. The maximum Gasteiger partial charge on any atom is 0.271 e. The van der Waals surface area contributed by atoms with Crippen LogP contribution in [0.3, 0.4) is 0 Å². The zero-order chi connectivity index (χ0) is 15.5. The minimum Gasteiger partial charge on any atom is -0.317 e. The van der Waals surface area contributed by atoms with E-state index in [0.717, 1.165) is 44.1 Å². The van der Waals surface area contributed by atoms with Crippen molar-refractivity contribution < 1.29 is 13.3 Å². The third-order valence-electron chi connectivity index (χ3n) is 3.44. The van der Waals surface area contributed by atoms with Crippen LogP contribution in [0.25, 0.3) is 0 Å². The number of hydrogen-bond acceptors (Lipinski definition) is 5. The number of non-ortho nitro benzene ring substituents is 1. The van der Waals surface area contributed by atoms with Crippen molar-refractivity contribution in [1.82, 2.24) is 10.0 Å². The summed E-state index contributed by atoms with van der Waals surface area (Å²) in [6.07, 6.45) is 1.83. The largest absolute Gasteiger partial charge is 0.317 e. The van der Waals surface area contributed by atoms with E-state index >= 15 is 0 Å². The van der Waals surface area contributed by atoms with Crippen molar-refractivity contribution in [1.29, 1.82) is 0 Å². The predicted molar refractivity (Wildman–Crippen MR) is 78.9 cm³/mol. The second kappa shape index (κ2) is 6.69. The smallest absolute Gasteiger partial charge is 0.271 e. The molecule has 2 N–H and O–H groups in total. The summed E-state index contributed by atoms with van der Waals surface area (Å²) in [4.78, 5) is 9.87. The van der Waals surface area contributed by atoms with Gasteiger partial charge in [-0.3, -0.25) is 10.1 Å². The summed E-state index contributed by atoms with van der Waals surface area (Å²) in [5, 5.41) is 13.7. The summed E-state index contributed by atoms with van der Waals surface area (Å²) in [6.45, 7) is 2.10. The molecule has 0 atom stereocenters. The number of piperidine rings is 1. The number of hydrogen-bond donors (Lipinski definition) is 2. The Morgan fingerprint density at radius 3 is 2.62 bits per heavy atom. The van der Waals surface area contributed by atoms with Crippen molar-refractivity contribution in [3.63, 3.8) is 0 Å². The lowest BCUT2D eigenvalue weighted by Crippen LogP contribution is -2.36. The molecule has 9 heteroatoms. The highest BCUT2D eigenvalue weighted by atomic mass is 35.5. The van der Waals surface area contributed by atoms with Gasteiger partial charge in [0.1, 0.15) is 4.90 Å². The zero-order valence-corrected chi connectivity index (χ0v) is 12.8. The first-order valence-electron chi connectivity index (χ1n) is 6.54. The summed E-state index contributed by atoms with van der Waals surface area (Å²) < 4.78 is 26.9. The molecule has 7 nitrogen and oxygen atoms in total. The first kappa shape index (κ1) is 16.2. The van der Waals surface area contributed by atoms with E-state index in [0.29, 0.717) is 6.54 Å². The van der Waals surface area contributed by atoms with E-state index in [1.54, 1.807) is 0 Å². The van der Waals surface area contributed by atoms with Gasteiger partial charge in [-0.25, -0.2) is 13.1 Å². The third kappa shape index (κ3) is 4.13. The van der Waals surface area contributed by atoms with Gasteiger partial charge in [0.2, 0.25) is 10.0 Å². The first-order valence-corrected chi connectivity index (χ1v) is 8.40. The van der Waals surface area contributed by atoms with Crippen LogP contribution in [0, 0.1) is 16.0 Å². The molecule has 1 aromatic carbocycles. The second-order valence-corrected chi connectivity index (χ2v) is 7.06. The van der Waals surface area contributed by atoms with Gasteiger partial charge in [-0.1, -0.05) is 11.6 Å². The number of halogens is 1. The van der Waals surface area contributed by atoms with Crippen LogP contribution >= 0.6 is 11.6 Å². The molecule has 0 saturated carbocycles. The molecular formula is C12H16ClN3O4S. The molecule has 116 valence electrons. The van der Waals surface area contributed by atoms with E-state index in [1.807, 2.05) is 0 Å². The molecule has 1 saturated heterocycles. The van der Waals surface area contributed by atoms with Crippen molar-refractivity contribution in [2.45, 2.75) is 17.7 Å². The number of rotatable bonds is 5. The van der Waals surface area contributed by atoms with Gasteiger partial charge in [-0.2, -0.15) is 0 Å². The van der Waals surface area contributed by atoms with Crippen LogP contribution in [0.1, 0.15) is 12.8 Å². The number of sulfonamides is 1. The van der Waals surface area contributed by atoms with E-state index in [-0.39, 0.29) is 21.5 Å². The lowest BCUT2D eigenvalue weighted by Gasteiger charge is -2.22. The van der Waals surface area contributed by atoms with Gasteiger partial charge in [0.25, 0.3) is 5.69 Å². The Hall–Kier alpha value is -1.22. The van der Waals surface area contributed by atoms with Crippen molar-refractivity contribution in [2.75, 3.05) is 19.6 Å². The molecule has 1 aliphatic heterocycles. The maximum atomic E-state index is 12.2. The van der Waals surface area contributed by atoms with Crippen molar-refractivity contribution in [3.8, 4) is 0 Å².